The van der Waals surface area contributed by atoms with E-state index < -0.39 is 16.1 Å². The van der Waals surface area contributed by atoms with Gasteiger partial charge in [0.05, 0.1) is 6.61 Å². The molecular weight excluding hydrogens is 270 g/mol. The van der Waals surface area contributed by atoms with Crippen LogP contribution in [0.25, 0.3) is 0 Å². The summed E-state index contributed by atoms with van der Waals surface area (Å²) in [6.45, 7) is 3.03. The third kappa shape index (κ3) is 6.02. The molecule has 0 aliphatic heterocycles. The van der Waals surface area contributed by atoms with E-state index in [0.29, 0.717) is 12.2 Å². The highest BCUT2D eigenvalue weighted by Crippen LogP contribution is 2.22. The van der Waals surface area contributed by atoms with Crippen LogP contribution in [0.15, 0.2) is 24.3 Å². The number of ether oxygens (including phenoxy) is 1. The van der Waals surface area contributed by atoms with Crippen molar-refractivity contribution in [2.24, 2.45) is 0 Å². The van der Waals surface area contributed by atoms with Crippen molar-refractivity contribution in [1.29, 1.82) is 0 Å². The maximum absolute atomic E-state index is 11.1. The second-order valence-corrected chi connectivity index (χ2v) is 5.94. The Morgan fingerprint density at radius 2 is 1.95 bits per heavy atom. The second-order valence-electron chi connectivity index (χ2n) is 4.39. The van der Waals surface area contributed by atoms with Gasteiger partial charge < -0.3 is 9.84 Å². The van der Waals surface area contributed by atoms with Crippen LogP contribution in [0, 0.1) is 0 Å². The molecule has 6 nitrogen and oxygen atoms in total. The molecule has 1 rings (SSSR count). The fraction of sp³-hybridized carbons (Fsp3) is 0.500. The van der Waals surface area contributed by atoms with E-state index >= 15 is 0 Å². The van der Waals surface area contributed by atoms with Crippen molar-refractivity contribution in [2.75, 3.05) is 13.7 Å². The fourth-order valence-electron chi connectivity index (χ4n) is 1.40. The van der Waals surface area contributed by atoms with Gasteiger partial charge in [0.2, 0.25) is 5.79 Å². The van der Waals surface area contributed by atoms with Gasteiger partial charge in [0, 0.05) is 27.3 Å². The predicted octanol–water partition coefficient (Wildman–Crippen LogP) is 0.817. The molecule has 0 aliphatic carbocycles. The van der Waals surface area contributed by atoms with Gasteiger partial charge in [-0.3, -0.25) is 4.18 Å². The second kappa shape index (κ2) is 6.33. The van der Waals surface area contributed by atoms with E-state index in [4.69, 9.17) is 8.92 Å². The predicted molar refractivity (Wildman–Crippen MR) is 71.0 cm³/mol. The average Bonchev–Trinajstić information content (AvgIpc) is 2.29. The molecule has 1 aromatic rings. The molecule has 0 saturated heterocycles. The minimum absolute atomic E-state index is 0.00456. The number of hydrogen-bond acceptors (Lipinski definition) is 5. The summed E-state index contributed by atoms with van der Waals surface area (Å²) in [6.07, 6.45) is 0.354. The molecule has 0 heterocycles. The van der Waals surface area contributed by atoms with Gasteiger partial charge in [0.1, 0.15) is 5.75 Å². The Kier molecular flexibility index (Phi) is 5.30. The van der Waals surface area contributed by atoms with Crippen LogP contribution in [0.4, 0.5) is 0 Å². The van der Waals surface area contributed by atoms with Crippen LogP contribution in [-0.4, -0.2) is 33.0 Å². The van der Waals surface area contributed by atoms with E-state index in [9.17, 15) is 13.5 Å². The first-order valence-corrected chi connectivity index (χ1v) is 7.21. The highest BCUT2D eigenvalue weighted by atomic mass is 32.2. The van der Waals surface area contributed by atoms with Crippen LogP contribution >= 0.6 is 0 Å². The van der Waals surface area contributed by atoms with E-state index in [2.05, 4.69) is 4.72 Å². The van der Waals surface area contributed by atoms with Gasteiger partial charge in [0.25, 0.3) is 0 Å². The number of aliphatic hydroxyl groups is 1. The molecule has 0 amide bonds. The molecule has 108 valence electrons. The van der Waals surface area contributed by atoms with Crippen molar-refractivity contribution < 1.29 is 22.4 Å². The third-order valence-corrected chi connectivity index (χ3v) is 3.17. The van der Waals surface area contributed by atoms with Crippen LogP contribution in [0.5, 0.6) is 5.75 Å². The first-order valence-electron chi connectivity index (χ1n) is 5.81. The van der Waals surface area contributed by atoms with Crippen molar-refractivity contribution in [3.8, 4) is 5.75 Å². The summed E-state index contributed by atoms with van der Waals surface area (Å²) in [4.78, 5) is 0. The van der Waals surface area contributed by atoms with Crippen LogP contribution in [-0.2, 0) is 20.9 Å². The largest absolute Gasteiger partial charge is 0.463 e. The molecule has 0 radical (unpaired) electrons. The molecule has 7 heteroatoms. The maximum atomic E-state index is 11.1. The lowest BCUT2D eigenvalue weighted by atomic mass is 10.1. The summed E-state index contributed by atoms with van der Waals surface area (Å²) in [5.74, 6) is -0.797. The molecule has 0 atom stereocenters. The highest BCUT2D eigenvalue weighted by molar-refractivity contribution is 7.84. The molecule has 0 unspecified atom stereocenters. The topological polar surface area (TPSA) is 84.9 Å². The smallest absolute Gasteiger partial charge is 0.335 e. The molecule has 1 aromatic carbocycles. The van der Waals surface area contributed by atoms with E-state index in [1.165, 1.54) is 20.9 Å². The molecule has 0 saturated carbocycles. The van der Waals surface area contributed by atoms with E-state index in [0.717, 1.165) is 5.56 Å². The number of nitrogens with one attached hydrogen (secondary N) is 1. The molecule has 0 bridgehead atoms. The molecular formula is C12H19NO5S. The summed E-state index contributed by atoms with van der Waals surface area (Å²) in [6, 6.07) is 7.07. The Bertz CT molecular complexity index is 507. The van der Waals surface area contributed by atoms with Gasteiger partial charge in [0.15, 0.2) is 0 Å². The molecule has 2 N–H and O–H groups in total. The van der Waals surface area contributed by atoms with Crippen LogP contribution < -0.4 is 9.46 Å². The lowest BCUT2D eigenvalue weighted by Gasteiger charge is -2.21. The lowest BCUT2D eigenvalue weighted by Crippen LogP contribution is -2.27. The average molecular weight is 289 g/mol. The first-order chi connectivity index (χ1) is 8.73. The van der Waals surface area contributed by atoms with E-state index in [1.807, 2.05) is 0 Å². The zero-order chi connectivity index (χ0) is 14.5. The molecule has 19 heavy (non-hydrogen) atoms. The maximum Gasteiger partial charge on any atom is 0.335 e. The summed E-state index contributed by atoms with van der Waals surface area (Å²) >= 11 is 0. The Hall–Kier alpha value is -1.15. The summed E-state index contributed by atoms with van der Waals surface area (Å²) in [5, 5.41) is 9.63. The number of benzene rings is 1. The summed E-state index contributed by atoms with van der Waals surface area (Å²) in [7, 11) is -2.40. The standard InChI is InChI=1S/C12H19NO5S/c1-12(2,14)18-11-7-5-4-6-10(11)8-9-17-19(15,16)13-3/h4-7,13-14H,8-9H2,1-3H3. The number of rotatable bonds is 7. The molecule has 0 aliphatic rings. The van der Waals surface area contributed by atoms with E-state index in [-0.39, 0.29) is 6.61 Å². The normalized spacial score (nSPS) is 12.4. The monoisotopic (exact) mass is 289 g/mol. The minimum atomic E-state index is -3.68. The SMILES string of the molecule is CNS(=O)(=O)OCCc1ccccc1OC(C)(C)O. The first kappa shape index (κ1) is 15.9. The number of hydrogen-bond donors (Lipinski definition) is 2. The van der Waals surface area contributed by atoms with E-state index in [1.54, 1.807) is 24.3 Å². The minimum Gasteiger partial charge on any atom is -0.463 e. The highest BCUT2D eigenvalue weighted by Gasteiger charge is 2.16. The van der Waals surface area contributed by atoms with Crippen LogP contribution in [0.2, 0.25) is 0 Å². The third-order valence-electron chi connectivity index (χ3n) is 2.19. The van der Waals surface area contributed by atoms with Gasteiger partial charge >= 0.3 is 10.3 Å². The van der Waals surface area contributed by atoms with Gasteiger partial charge in [-0.15, -0.1) is 0 Å². The fourth-order valence-corrected chi connectivity index (χ4v) is 1.82. The van der Waals surface area contributed by atoms with Gasteiger partial charge in [-0.05, 0) is 11.6 Å². The zero-order valence-corrected chi connectivity index (χ0v) is 12.0. The Labute approximate surface area is 113 Å². The van der Waals surface area contributed by atoms with Crippen molar-refractivity contribution in [2.45, 2.75) is 26.1 Å². The Morgan fingerprint density at radius 1 is 1.32 bits per heavy atom. The molecule has 0 aromatic heterocycles. The Balaban J connectivity index is 2.69. The lowest BCUT2D eigenvalue weighted by molar-refractivity contribution is -0.105. The van der Waals surface area contributed by atoms with Gasteiger partial charge in [-0.1, -0.05) is 18.2 Å². The summed E-state index contributed by atoms with van der Waals surface area (Å²) < 4.78 is 34.3. The van der Waals surface area contributed by atoms with Crippen molar-refractivity contribution in [3.05, 3.63) is 29.8 Å². The van der Waals surface area contributed by atoms with Crippen molar-refractivity contribution >= 4 is 10.3 Å². The zero-order valence-electron chi connectivity index (χ0n) is 11.2. The quantitative estimate of drug-likeness (QED) is 0.726. The van der Waals surface area contributed by atoms with Crippen LogP contribution in [0.1, 0.15) is 19.4 Å². The summed E-state index contributed by atoms with van der Waals surface area (Å²) in [5.41, 5.74) is 0.760. The number of para-hydroxylation sites is 1. The molecule has 0 fully saturated rings. The molecule has 0 spiro atoms. The van der Waals surface area contributed by atoms with Gasteiger partial charge in [-0.25, -0.2) is 0 Å². The van der Waals surface area contributed by atoms with Gasteiger partial charge in [-0.2, -0.15) is 13.1 Å². The Morgan fingerprint density at radius 3 is 2.53 bits per heavy atom. The van der Waals surface area contributed by atoms with Crippen LogP contribution in [0.3, 0.4) is 0 Å². The van der Waals surface area contributed by atoms with Crippen molar-refractivity contribution in [3.63, 3.8) is 0 Å². The van der Waals surface area contributed by atoms with Crippen molar-refractivity contribution in [1.82, 2.24) is 4.72 Å².